The molecule has 1 fully saturated rings. The van der Waals surface area contributed by atoms with E-state index in [1.54, 1.807) is 27.7 Å². The van der Waals surface area contributed by atoms with E-state index in [1.807, 2.05) is 0 Å². The maximum atomic E-state index is 13.1. The topological polar surface area (TPSA) is 173 Å². The summed E-state index contributed by atoms with van der Waals surface area (Å²) in [7, 11) is 0. The number of hydrogen-bond donors (Lipinski definition) is 1. The number of carbonyl (C=O) groups excluding carboxylic acids is 6. The molecule has 1 saturated heterocycles. The number of aromatic nitrogens is 1. The highest BCUT2D eigenvalue weighted by molar-refractivity contribution is 5.98. The first kappa shape index (κ1) is 30.2. The van der Waals surface area contributed by atoms with Crippen LogP contribution < -0.4 is 10.1 Å². The van der Waals surface area contributed by atoms with E-state index in [-0.39, 0.29) is 24.3 Å². The molecule has 1 amide bonds. The van der Waals surface area contributed by atoms with Gasteiger partial charge in [0, 0.05) is 6.20 Å². The number of amides is 1. The third-order valence-corrected chi connectivity index (χ3v) is 5.72. The van der Waals surface area contributed by atoms with E-state index in [4.69, 9.17) is 18.9 Å². The largest absolute Gasteiger partial charge is 0.463 e. The zero-order valence-corrected chi connectivity index (χ0v) is 22.0. The molecule has 2 rings (SSSR count). The van der Waals surface area contributed by atoms with E-state index in [0.29, 0.717) is 5.56 Å². The van der Waals surface area contributed by atoms with Gasteiger partial charge < -0.3 is 29.0 Å². The summed E-state index contributed by atoms with van der Waals surface area (Å²) in [6.07, 6.45) is -1.86. The third kappa shape index (κ3) is 7.49. The van der Waals surface area contributed by atoms with Gasteiger partial charge in [-0.05, 0) is 38.8 Å². The molecule has 5 atom stereocenters. The molecular formula is C25H32N2O11. The van der Waals surface area contributed by atoms with Crippen molar-refractivity contribution in [3.05, 3.63) is 23.5 Å². The molecule has 0 saturated carbocycles. The molecule has 1 aromatic rings. The van der Waals surface area contributed by atoms with Gasteiger partial charge in [-0.15, -0.1) is 0 Å². The van der Waals surface area contributed by atoms with E-state index in [1.165, 1.54) is 26.1 Å². The van der Waals surface area contributed by atoms with Crippen LogP contribution in [-0.2, 0) is 42.9 Å². The zero-order chi connectivity index (χ0) is 28.6. The van der Waals surface area contributed by atoms with Crippen molar-refractivity contribution < 1.29 is 52.5 Å². The average molecular weight is 537 g/mol. The van der Waals surface area contributed by atoms with Crippen LogP contribution in [0.3, 0.4) is 0 Å². The second kappa shape index (κ2) is 13.5. The summed E-state index contributed by atoms with van der Waals surface area (Å²) in [4.78, 5) is 77.8. The van der Waals surface area contributed by atoms with Gasteiger partial charge in [-0.1, -0.05) is 20.8 Å². The molecular weight excluding hydrogens is 504 g/mol. The Balaban J connectivity index is 2.28. The molecule has 1 N–H and O–H groups in total. The monoisotopic (exact) mass is 536 g/mol. The number of rotatable bonds is 9. The molecule has 1 unspecified atom stereocenters. The number of pyridine rings is 1. The fourth-order valence-corrected chi connectivity index (χ4v) is 3.47. The van der Waals surface area contributed by atoms with Crippen molar-refractivity contribution in [2.24, 2.45) is 11.8 Å². The number of hydrogen-bond acceptors (Lipinski definition) is 12. The normalized spacial score (nSPS) is 22.5. The van der Waals surface area contributed by atoms with Gasteiger partial charge in [0.25, 0.3) is 12.4 Å². The van der Waals surface area contributed by atoms with Gasteiger partial charge in [0.15, 0.2) is 29.7 Å². The Morgan fingerprint density at radius 2 is 1.87 bits per heavy atom. The summed E-state index contributed by atoms with van der Waals surface area (Å²) >= 11 is 0. The Labute approximate surface area is 219 Å². The molecule has 2 heterocycles. The number of esters is 4. The van der Waals surface area contributed by atoms with Crippen LogP contribution in [0.2, 0.25) is 0 Å². The predicted molar refractivity (Wildman–Crippen MR) is 127 cm³/mol. The highest BCUT2D eigenvalue weighted by Crippen LogP contribution is 2.25. The van der Waals surface area contributed by atoms with E-state index >= 15 is 0 Å². The van der Waals surface area contributed by atoms with Crippen LogP contribution in [0.1, 0.15) is 57.1 Å². The first-order chi connectivity index (χ1) is 17.9. The molecule has 13 nitrogen and oxygen atoms in total. The van der Waals surface area contributed by atoms with Crippen molar-refractivity contribution in [3.8, 4) is 5.75 Å². The van der Waals surface area contributed by atoms with Gasteiger partial charge in [0.05, 0.1) is 11.8 Å². The Morgan fingerprint density at radius 3 is 2.47 bits per heavy atom. The van der Waals surface area contributed by atoms with Crippen molar-refractivity contribution in [3.63, 3.8) is 0 Å². The number of nitrogens with one attached hydrogen (secondary N) is 1. The number of cyclic esters (lactones) is 2. The summed E-state index contributed by atoms with van der Waals surface area (Å²) in [5.41, 5.74) is 0.00775. The van der Waals surface area contributed by atoms with Crippen molar-refractivity contribution in [2.75, 3.05) is 6.61 Å². The van der Waals surface area contributed by atoms with Crippen molar-refractivity contribution in [1.29, 1.82) is 0 Å². The van der Waals surface area contributed by atoms with Gasteiger partial charge in [-0.2, -0.15) is 0 Å². The maximum absolute atomic E-state index is 13.1. The summed E-state index contributed by atoms with van der Waals surface area (Å²) in [5.74, 6) is -5.75. The highest BCUT2D eigenvalue weighted by Gasteiger charge is 2.41. The van der Waals surface area contributed by atoms with Crippen molar-refractivity contribution in [1.82, 2.24) is 10.3 Å². The molecule has 0 radical (unpaired) electrons. The van der Waals surface area contributed by atoms with Crippen LogP contribution in [-0.4, -0.2) is 72.2 Å². The van der Waals surface area contributed by atoms with Crippen LogP contribution in [0.4, 0.5) is 0 Å². The number of aryl methyl sites for hydroxylation is 1. The van der Waals surface area contributed by atoms with Gasteiger partial charge in [-0.3, -0.25) is 19.2 Å². The van der Waals surface area contributed by atoms with Crippen LogP contribution >= 0.6 is 0 Å². The fourth-order valence-electron chi connectivity index (χ4n) is 3.47. The van der Waals surface area contributed by atoms with Crippen LogP contribution in [0.25, 0.3) is 0 Å². The molecule has 0 bridgehead atoms. The Hall–Kier alpha value is -4.03. The van der Waals surface area contributed by atoms with Crippen molar-refractivity contribution >= 4 is 36.3 Å². The van der Waals surface area contributed by atoms with E-state index in [9.17, 15) is 28.8 Å². The predicted octanol–water partition coefficient (Wildman–Crippen LogP) is 1.04. The lowest BCUT2D eigenvalue weighted by Crippen LogP contribution is -2.47. The number of ether oxygens (including phenoxy) is 5. The van der Waals surface area contributed by atoms with E-state index in [2.05, 4.69) is 15.0 Å². The van der Waals surface area contributed by atoms with E-state index in [0.717, 1.165) is 0 Å². The Kier molecular flexibility index (Phi) is 10.7. The van der Waals surface area contributed by atoms with Crippen molar-refractivity contribution in [2.45, 2.75) is 72.3 Å². The quantitative estimate of drug-likeness (QED) is 0.270. The fraction of sp³-hybridized carbons (Fsp3) is 0.560. The molecule has 0 aromatic carbocycles. The molecule has 0 aliphatic carbocycles. The van der Waals surface area contributed by atoms with Crippen LogP contribution in [0.15, 0.2) is 12.3 Å². The summed E-state index contributed by atoms with van der Waals surface area (Å²) in [5, 5.41) is 2.38. The lowest BCUT2D eigenvalue weighted by atomic mass is 9.95. The molecule has 0 spiro atoms. The summed E-state index contributed by atoms with van der Waals surface area (Å²) in [6, 6.07) is 0.0281. The summed E-state index contributed by atoms with van der Waals surface area (Å²) in [6.45, 7) is 8.76. The second-order valence-corrected chi connectivity index (χ2v) is 8.97. The summed E-state index contributed by atoms with van der Waals surface area (Å²) < 4.78 is 26.0. The Morgan fingerprint density at radius 1 is 1.18 bits per heavy atom. The maximum Gasteiger partial charge on any atom is 0.352 e. The molecule has 38 heavy (non-hydrogen) atoms. The highest BCUT2D eigenvalue weighted by atomic mass is 16.6. The standard InChI is InChI=1S/C25H32N2O11/c1-7-16-20(38-22(30)12(2)3)14(5)36-25(33)17(10-34-24(16)32)27-21(29)18-19(13(4)8-9-26-18)37-23(31)15(6)35-11-28/h8-9,11-12,14-17,20H,7,10H2,1-6H3,(H,27,29)/t14-,15?,16+,17-,20-/m0/s1. The molecule has 1 aliphatic heterocycles. The van der Waals surface area contributed by atoms with E-state index < -0.39 is 72.6 Å². The van der Waals surface area contributed by atoms with Gasteiger partial charge in [0.2, 0.25) is 0 Å². The van der Waals surface area contributed by atoms with Gasteiger partial charge >= 0.3 is 23.9 Å². The lowest BCUT2D eigenvalue weighted by molar-refractivity contribution is -0.176. The molecule has 208 valence electrons. The first-order valence-electron chi connectivity index (χ1n) is 12.1. The smallest absolute Gasteiger partial charge is 0.352 e. The third-order valence-electron chi connectivity index (χ3n) is 5.72. The van der Waals surface area contributed by atoms with Gasteiger partial charge in [-0.25, -0.2) is 14.6 Å². The molecule has 1 aliphatic rings. The molecule has 13 heteroatoms. The van der Waals surface area contributed by atoms with Gasteiger partial charge in [0.1, 0.15) is 12.7 Å². The average Bonchev–Trinajstić information content (AvgIpc) is 2.89. The zero-order valence-electron chi connectivity index (χ0n) is 22.0. The first-order valence-corrected chi connectivity index (χ1v) is 12.1. The SMILES string of the molecule is CC[C@H]1C(=O)OC[C@H](NC(=O)c2nccc(C)c2OC(=O)C(C)OC=O)C(=O)O[C@@H](C)[C@@H]1OC(=O)C(C)C. The second-order valence-electron chi connectivity index (χ2n) is 8.97. The minimum absolute atomic E-state index is 0.0815. The Bertz CT molecular complexity index is 1070. The minimum Gasteiger partial charge on any atom is -0.463 e. The number of carbonyl (C=O) groups is 6. The number of nitrogens with zero attached hydrogens (tertiary/aromatic N) is 1. The minimum atomic E-state index is -1.45. The lowest BCUT2D eigenvalue weighted by Gasteiger charge is -2.29. The molecule has 1 aromatic heterocycles. The van der Waals surface area contributed by atoms with Crippen LogP contribution in [0, 0.1) is 18.8 Å². The van der Waals surface area contributed by atoms with Crippen LogP contribution in [0.5, 0.6) is 5.75 Å².